The third-order valence-electron chi connectivity index (χ3n) is 8.25. The highest BCUT2D eigenvalue weighted by atomic mass is 15.1. The summed E-state index contributed by atoms with van der Waals surface area (Å²) in [4.78, 5) is 6.81. The Hall–Kier alpha value is -5.93. The highest BCUT2D eigenvalue weighted by Gasteiger charge is 2.15. The maximum atomic E-state index is 4.52. The lowest BCUT2D eigenvalue weighted by molar-refractivity contribution is 1.18. The highest BCUT2D eigenvalue weighted by Crippen LogP contribution is 2.38. The Labute approximate surface area is 256 Å². The first-order chi connectivity index (χ1) is 21.8. The Kier molecular flexibility index (Phi) is 6.47. The van der Waals surface area contributed by atoms with Crippen LogP contribution in [-0.4, -0.2) is 9.55 Å². The SMILES string of the molecule is c1ccc(N(c2ccc(-c3ccc4c(c3)c3ccccc3n4-c3ccccc3)cc2)c2ccc(-c3ccccn3)cc2)cc1. The Morgan fingerprint density at radius 1 is 0.409 bits per heavy atom. The second-order valence-electron chi connectivity index (χ2n) is 10.9. The smallest absolute Gasteiger partial charge is 0.0701 e. The van der Waals surface area contributed by atoms with Crippen molar-refractivity contribution in [3.63, 3.8) is 0 Å². The number of rotatable bonds is 6. The molecule has 0 saturated carbocycles. The van der Waals surface area contributed by atoms with Crippen LogP contribution in [0.5, 0.6) is 0 Å². The van der Waals surface area contributed by atoms with Crippen LogP contribution >= 0.6 is 0 Å². The van der Waals surface area contributed by atoms with Gasteiger partial charge in [-0.3, -0.25) is 4.98 Å². The maximum Gasteiger partial charge on any atom is 0.0701 e. The Morgan fingerprint density at radius 3 is 1.68 bits per heavy atom. The van der Waals surface area contributed by atoms with Crippen molar-refractivity contribution in [3.8, 4) is 28.1 Å². The average Bonchev–Trinajstić information content (AvgIpc) is 3.44. The van der Waals surface area contributed by atoms with Crippen LogP contribution in [0.1, 0.15) is 0 Å². The van der Waals surface area contributed by atoms with Crippen molar-refractivity contribution < 1.29 is 0 Å². The summed E-state index contributed by atoms with van der Waals surface area (Å²) in [5.41, 5.74) is 11.4. The molecule has 208 valence electrons. The van der Waals surface area contributed by atoms with Crippen LogP contribution in [0.4, 0.5) is 17.1 Å². The van der Waals surface area contributed by atoms with Crippen LogP contribution < -0.4 is 4.90 Å². The van der Waals surface area contributed by atoms with E-state index in [1.165, 1.54) is 38.6 Å². The van der Waals surface area contributed by atoms with E-state index in [2.05, 4.69) is 166 Å². The summed E-state index contributed by atoms with van der Waals surface area (Å²) in [7, 11) is 0. The molecule has 2 aromatic heterocycles. The Morgan fingerprint density at radius 2 is 0.977 bits per heavy atom. The summed E-state index contributed by atoms with van der Waals surface area (Å²) in [6.45, 7) is 0. The Bertz CT molecular complexity index is 2180. The average molecular weight is 564 g/mol. The zero-order chi connectivity index (χ0) is 29.3. The van der Waals surface area contributed by atoms with Gasteiger partial charge in [0.05, 0.1) is 16.7 Å². The van der Waals surface area contributed by atoms with Crippen molar-refractivity contribution in [3.05, 3.63) is 176 Å². The van der Waals surface area contributed by atoms with E-state index in [-0.39, 0.29) is 0 Å². The number of hydrogen-bond acceptors (Lipinski definition) is 2. The van der Waals surface area contributed by atoms with Crippen LogP contribution in [0.2, 0.25) is 0 Å². The van der Waals surface area contributed by atoms with E-state index < -0.39 is 0 Å². The predicted molar refractivity (Wildman–Crippen MR) is 184 cm³/mol. The molecule has 0 N–H and O–H groups in total. The molecule has 2 heterocycles. The molecule has 0 aliphatic carbocycles. The molecule has 0 bridgehead atoms. The van der Waals surface area contributed by atoms with Crippen molar-refractivity contribution in [1.82, 2.24) is 9.55 Å². The van der Waals surface area contributed by atoms with Gasteiger partial charge in [0, 0.05) is 45.3 Å². The summed E-state index contributed by atoms with van der Waals surface area (Å²) >= 11 is 0. The second kappa shape index (κ2) is 11.0. The fourth-order valence-corrected chi connectivity index (χ4v) is 6.15. The van der Waals surface area contributed by atoms with E-state index in [1.54, 1.807) is 0 Å². The standard InChI is InChI=1S/C41H29N3/c1-3-11-33(12-4-1)43(36-25-20-31(21-26-36)39-16-9-10-28-42-39)35-23-18-30(19-24-35)32-22-27-41-38(29-32)37-15-7-8-17-40(37)44(41)34-13-5-2-6-14-34/h1-29H. The third-order valence-corrected chi connectivity index (χ3v) is 8.25. The van der Waals surface area contributed by atoms with Gasteiger partial charge in [-0.05, 0) is 90.0 Å². The van der Waals surface area contributed by atoms with E-state index >= 15 is 0 Å². The number of aromatic nitrogens is 2. The van der Waals surface area contributed by atoms with Gasteiger partial charge in [0.2, 0.25) is 0 Å². The predicted octanol–water partition coefficient (Wildman–Crippen LogP) is 11.0. The minimum absolute atomic E-state index is 0.971. The lowest BCUT2D eigenvalue weighted by Crippen LogP contribution is -2.09. The maximum absolute atomic E-state index is 4.52. The normalized spacial score (nSPS) is 11.2. The highest BCUT2D eigenvalue weighted by molar-refractivity contribution is 6.10. The van der Waals surface area contributed by atoms with E-state index in [0.717, 1.165) is 28.3 Å². The monoisotopic (exact) mass is 563 g/mol. The van der Waals surface area contributed by atoms with E-state index in [4.69, 9.17) is 0 Å². The summed E-state index contributed by atoms with van der Waals surface area (Å²) in [5, 5.41) is 2.51. The number of fused-ring (bicyclic) bond motifs is 3. The van der Waals surface area contributed by atoms with Gasteiger partial charge in [0.25, 0.3) is 0 Å². The topological polar surface area (TPSA) is 21.1 Å². The van der Waals surface area contributed by atoms with Crippen molar-refractivity contribution >= 4 is 38.9 Å². The van der Waals surface area contributed by atoms with Crippen molar-refractivity contribution in [2.24, 2.45) is 0 Å². The van der Waals surface area contributed by atoms with E-state index in [1.807, 2.05) is 24.4 Å². The molecule has 6 aromatic carbocycles. The van der Waals surface area contributed by atoms with Crippen LogP contribution in [0.15, 0.2) is 176 Å². The molecule has 0 radical (unpaired) electrons. The molecule has 0 saturated heterocycles. The molecule has 0 fully saturated rings. The molecule has 0 unspecified atom stereocenters. The van der Waals surface area contributed by atoms with Crippen LogP contribution in [-0.2, 0) is 0 Å². The molecule has 3 heteroatoms. The third kappa shape index (κ3) is 4.61. The molecule has 0 aliphatic heterocycles. The van der Waals surface area contributed by atoms with Gasteiger partial charge < -0.3 is 9.47 Å². The van der Waals surface area contributed by atoms with Crippen LogP contribution in [0, 0.1) is 0 Å². The summed E-state index contributed by atoms with van der Waals surface area (Å²) in [6.07, 6.45) is 1.83. The second-order valence-corrected chi connectivity index (χ2v) is 10.9. The van der Waals surface area contributed by atoms with E-state index in [0.29, 0.717) is 0 Å². The van der Waals surface area contributed by atoms with Gasteiger partial charge in [0.15, 0.2) is 0 Å². The molecule has 0 aliphatic rings. The number of pyridine rings is 1. The quantitative estimate of drug-likeness (QED) is 0.201. The van der Waals surface area contributed by atoms with E-state index in [9.17, 15) is 0 Å². The largest absolute Gasteiger partial charge is 0.311 e. The molecule has 44 heavy (non-hydrogen) atoms. The minimum atomic E-state index is 0.971. The summed E-state index contributed by atoms with van der Waals surface area (Å²) < 4.78 is 2.36. The lowest BCUT2D eigenvalue weighted by Gasteiger charge is -2.26. The van der Waals surface area contributed by atoms with Crippen molar-refractivity contribution in [2.75, 3.05) is 4.90 Å². The summed E-state index contributed by atoms with van der Waals surface area (Å²) in [5.74, 6) is 0. The van der Waals surface area contributed by atoms with Crippen LogP contribution in [0.3, 0.4) is 0 Å². The fourth-order valence-electron chi connectivity index (χ4n) is 6.15. The van der Waals surface area contributed by atoms with Gasteiger partial charge in [0.1, 0.15) is 0 Å². The number of hydrogen-bond donors (Lipinski definition) is 0. The molecule has 8 rings (SSSR count). The van der Waals surface area contributed by atoms with Crippen LogP contribution in [0.25, 0.3) is 49.9 Å². The van der Waals surface area contributed by atoms with Gasteiger partial charge in [-0.2, -0.15) is 0 Å². The first kappa shape index (κ1) is 25.8. The lowest BCUT2D eigenvalue weighted by atomic mass is 10.0. The van der Waals surface area contributed by atoms with Gasteiger partial charge in [-0.1, -0.05) is 91.0 Å². The van der Waals surface area contributed by atoms with Gasteiger partial charge in [-0.25, -0.2) is 0 Å². The van der Waals surface area contributed by atoms with Gasteiger partial charge >= 0.3 is 0 Å². The molecular formula is C41H29N3. The molecule has 3 nitrogen and oxygen atoms in total. The fraction of sp³-hybridized carbons (Fsp3) is 0. The Balaban J connectivity index is 1.18. The number of benzene rings is 6. The molecular weight excluding hydrogens is 534 g/mol. The molecule has 0 spiro atoms. The number of nitrogens with zero attached hydrogens (tertiary/aromatic N) is 3. The number of para-hydroxylation sites is 3. The van der Waals surface area contributed by atoms with Gasteiger partial charge in [-0.15, -0.1) is 0 Å². The zero-order valence-corrected chi connectivity index (χ0v) is 24.1. The molecule has 8 aromatic rings. The number of anilines is 3. The van der Waals surface area contributed by atoms with Crippen molar-refractivity contribution in [2.45, 2.75) is 0 Å². The molecule has 0 amide bonds. The summed E-state index contributed by atoms with van der Waals surface area (Å²) in [6, 6.07) is 60.1. The first-order valence-corrected chi connectivity index (χ1v) is 14.9. The van der Waals surface area contributed by atoms with Crippen molar-refractivity contribution in [1.29, 1.82) is 0 Å². The molecule has 0 atom stereocenters. The first-order valence-electron chi connectivity index (χ1n) is 14.9. The minimum Gasteiger partial charge on any atom is -0.311 e. The zero-order valence-electron chi connectivity index (χ0n) is 24.1.